The molecule has 5 rings (SSSR count). The molecule has 0 bridgehead atoms. The number of hydrogen-bond acceptors (Lipinski definition) is 5. The van der Waals surface area contributed by atoms with Crippen LogP contribution in [-0.4, -0.2) is 39.3 Å². The zero-order valence-corrected chi connectivity index (χ0v) is 24.5. The number of benzene rings is 3. The van der Waals surface area contributed by atoms with Crippen LogP contribution in [0.2, 0.25) is 0 Å². The van der Waals surface area contributed by atoms with Crippen molar-refractivity contribution in [1.29, 1.82) is 0 Å². The summed E-state index contributed by atoms with van der Waals surface area (Å²) in [5.41, 5.74) is 6.87. The standard InChI is InChI=1S/C34H40N4O4/c1-3-9-31-37-33-23(2)20-27(35-19-18-32(39)36-26-10-5-4-6-11-26)21-29(33)38(31)22-24-14-16-25(17-15-24)28-12-7-8-13-30(28)42-34(40)41/h7-8,12-17,20-21,26,35H,3-6,9-11,18-19,22H2,1-2H3,(H,36,39)(H,40,41). The van der Waals surface area contributed by atoms with Crippen LogP contribution >= 0.6 is 0 Å². The summed E-state index contributed by atoms with van der Waals surface area (Å²) in [7, 11) is 0. The number of hydrogen-bond donors (Lipinski definition) is 3. The summed E-state index contributed by atoms with van der Waals surface area (Å²) in [5, 5.41) is 15.8. The highest BCUT2D eigenvalue weighted by Crippen LogP contribution is 2.31. The van der Waals surface area contributed by atoms with Gasteiger partial charge in [0.25, 0.3) is 0 Å². The molecular formula is C34H40N4O4. The van der Waals surface area contributed by atoms with Gasteiger partial charge in [0.05, 0.1) is 11.0 Å². The zero-order chi connectivity index (χ0) is 29.5. The van der Waals surface area contributed by atoms with E-state index in [-0.39, 0.29) is 5.91 Å². The van der Waals surface area contributed by atoms with Gasteiger partial charge in [-0.05, 0) is 61.1 Å². The van der Waals surface area contributed by atoms with E-state index in [9.17, 15) is 9.59 Å². The van der Waals surface area contributed by atoms with Crippen molar-refractivity contribution in [1.82, 2.24) is 14.9 Å². The first kappa shape index (κ1) is 29.2. The maximum atomic E-state index is 12.5. The average molecular weight is 569 g/mol. The van der Waals surface area contributed by atoms with Gasteiger partial charge in [0.15, 0.2) is 0 Å². The number of nitrogens with one attached hydrogen (secondary N) is 2. The van der Waals surface area contributed by atoms with Gasteiger partial charge in [0.2, 0.25) is 5.91 Å². The summed E-state index contributed by atoms with van der Waals surface area (Å²) in [6.07, 6.45) is 6.84. The van der Waals surface area contributed by atoms with Gasteiger partial charge in [-0.1, -0.05) is 68.7 Å². The summed E-state index contributed by atoms with van der Waals surface area (Å²) in [6, 6.07) is 19.8. The van der Waals surface area contributed by atoms with E-state index >= 15 is 0 Å². The molecule has 220 valence electrons. The Kier molecular flexibility index (Phi) is 9.41. The van der Waals surface area contributed by atoms with Gasteiger partial charge < -0.3 is 25.0 Å². The van der Waals surface area contributed by atoms with Gasteiger partial charge in [0, 0.05) is 43.2 Å². The van der Waals surface area contributed by atoms with E-state index in [4.69, 9.17) is 14.8 Å². The first-order chi connectivity index (χ1) is 20.4. The number of carboxylic acid groups (broad SMARTS) is 1. The zero-order valence-electron chi connectivity index (χ0n) is 24.5. The lowest BCUT2D eigenvalue weighted by molar-refractivity contribution is -0.121. The number of carbonyl (C=O) groups is 2. The minimum atomic E-state index is -1.33. The van der Waals surface area contributed by atoms with Crippen molar-refractivity contribution in [3.63, 3.8) is 0 Å². The molecular weight excluding hydrogens is 528 g/mol. The number of anilines is 1. The number of para-hydroxylation sites is 1. The lowest BCUT2D eigenvalue weighted by atomic mass is 9.95. The number of aromatic nitrogens is 2. The Morgan fingerprint density at radius 2 is 1.81 bits per heavy atom. The SMILES string of the molecule is CCCc1nc2c(C)cc(NCCC(=O)NC3CCCCC3)cc2n1Cc1ccc(-c2ccccc2OC(=O)O)cc1. The molecule has 1 saturated carbocycles. The van der Waals surface area contributed by atoms with Crippen LogP contribution in [0.15, 0.2) is 60.7 Å². The maximum absolute atomic E-state index is 12.5. The summed E-state index contributed by atoms with van der Waals surface area (Å²) in [4.78, 5) is 28.6. The quantitative estimate of drug-likeness (QED) is 0.129. The minimum absolute atomic E-state index is 0.114. The smallest absolute Gasteiger partial charge is 0.449 e. The number of ether oxygens (including phenoxy) is 1. The molecule has 0 spiro atoms. The molecule has 0 radical (unpaired) electrons. The van der Waals surface area contributed by atoms with Gasteiger partial charge >= 0.3 is 6.16 Å². The lowest BCUT2D eigenvalue weighted by Crippen LogP contribution is -2.36. The van der Waals surface area contributed by atoms with Gasteiger partial charge in [-0.2, -0.15) is 0 Å². The monoisotopic (exact) mass is 568 g/mol. The van der Waals surface area contributed by atoms with E-state index in [1.165, 1.54) is 19.3 Å². The first-order valence-electron chi connectivity index (χ1n) is 15.0. The fourth-order valence-electron chi connectivity index (χ4n) is 5.86. The largest absolute Gasteiger partial charge is 0.511 e. The van der Waals surface area contributed by atoms with E-state index in [1.807, 2.05) is 24.3 Å². The Bertz CT molecular complexity index is 1540. The van der Waals surface area contributed by atoms with Crippen molar-refractivity contribution < 1.29 is 19.4 Å². The molecule has 42 heavy (non-hydrogen) atoms. The second kappa shape index (κ2) is 13.6. The van der Waals surface area contributed by atoms with Crippen LogP contribution in [0.4, 0.5) is 10.5 Å². The molecule has 1 heterocycles. The first-order valence-corrected chi connectivity index (χ1v) is 15.0. The summed E-state index contributed by atoms with van der Waals surface area (Å²) >= 11 is 0. The lowest BCUT2D eigenvalue weighted by Gasteiger charge is -2.22. The molecule has 0 atom stereocenters. The van der Waals surface area contributed by atoms with Crippen molar-refractivity contribution in [3.05, 3.63) is 77.6 Å². The minimum Gasteiger partial charge on any atom is -0.449 e. The van der Waals surface area contributed by atoms with Crippen LogP contribution in [-0.2, 0) is 17.8 Å². The van der Waals surface area contributed by atoms with Crippen LogP contribution in [0.5, 0.6) is 5.75 Å². The van der Waals surface area contributed by atoms with Crippen LogP contribution in [0.25, 0.3) is 22.2 Å². The predicted molar refractivity (Wildman–Crippen MR) is 166 cm³/mol. The molecule has 0 unspecified atom stereocenters. The third-order valence-electron chi connectivity index (χ3n) is 7.94. The molecule has 0 aliphatic heterocycles. The molecule has 4 aromatic rings. The molecule has 3 N–H and O–H groups in total. The van der Waals surface area contributed by atoms with Gasteiger partial charge in [-0.15, -0.1) is 0 Å². The second-order valence-electron chi connectivity index (χ2n) is 11.2. The molecule has 3 aromatic carbocycles. The normalized spacial score (nSPS) is 13.7. The summed E-state index contributed by atoms with van der Waals surface area (Å²) < 4.78 is 7.26. The summed E-state index contributed by atoms with van der Waals surface area (Å²) in [5.74, 6) is 1.47. The number of amides is 1. The number of aryl methyl sites for hydroxylation is 2. The molecule has 1 amide bonds. The third kappa shape index (κ3) is 7.11. The summed E-state index contributed by atoms with van der Waals surface area (Å²) in [6.45, 7) is 5.48. The van der Waals surface area contributed by atoms with Gasteiger partial charge in [-0.3, -0.25) is 4.79 Å². The van der Waals surface area contributed by atoms with Gasteiger partial charge in [0.1, 0.15) is 11.6 Å². The van der Waals surface area contributed by atoms with Crippen LogP contribution in [0, 0.1) is 6.92 Å². The Morgan fingerprint density at radius 3 is 2.55 bits per heavy atom. The molecule has 1 aliphatic carbocycles. The Labute approximate surface area is 247 Å². The number of rotatable bonds is 11. The highest BCUT2D eigenvalue weighted by molar-refractivity contribution is 5.84. The highest BCUT2D eigenvalue weighted by Gasteiger charge is 2.17. The topological polar surface area (TPSA) is 105 Å². The average Bonchev–Trinajstić information content (AvgIpc) is 3.31. The fourth-order valence-corrected chi connectivity index (χ4v) is 5.86. The van der Waals surface area contributed by atoms with Crippen molar-refractivity contribution in [2.24, 2.45) is 0 Å². The van der Waals surface area contributed by atoms with Crippen molar-refractivity contribution in [2.75, 3.05) is 11.9 Å². The molecule has 1 aliphatic rings. The van der Waals surface area contributed by atoms with E-state index in [2.05, 4.69) is 53.3 Å². The number of carbonyl (C=O) groups excluding carboxylic acids is 1. The van der Waals surface area contributed by atoms with E-state index in [0.717, 1.165) is 70.5 Å². The maximum Gasteiger partial charge on any atom is 0.511 e. The Balaban J connectivity index is 1.33. The molecule has 0 saturated heterocycles. The molecule has 8 heteroatoms. The Morgan fingerprint density at radius 1 is 1.05 bits per heavy atom. The third-order valence-corrected chi connectivity index (χ3v) is 7.94. The van der Waals surface area contributed by atoms with E-state index in [0.29, 0.717) is 31.3 Å². The van der Waals surface area contributed by atoms with Crippen molar-refractivity contribution >= 4 is 28.8 Å². The van der Waals surface area contributed by atoms with Crippen molar-refractivity contribution in [3.8, 4) is 16.9 Å². The molecule has 8 nitrogen and oxygen atoms in total. The number of fused-ring (bicyclic) bond motifs is 1. The number of nitrogens with zero attached hydrogens (tertiary/aromatic N) is 2. The predicted octanol–water partition coefficient (Wildman–Crippen LogP) is 7.32. The second-order valence-corrected chi connectivity index (χ2v) is 11.2. The van der Waals surface area contributed by atoms with Crippen LogP contribution in [0.1, 0.15) is 68.8 Å². The molecule has 1 aromatic heterocycles. The Hall–Kier alpha value is -4.33. The molecule has 1 fully saturated rings. The number of imidazole rings is 1. The van der Waals surface area contributed by atoms with E-state index < -0.39 is 6.16 Å². The fraction of sp³-hybridized carbons (Fsp3) is 0.382. The van der Waals surface area contributed by atoms with Crippen molar-refractivity contribution in [2.45, 2.75) is 77.8 Å². The van der Waals surface area contributed by atoms with Gasteiger partial charge in [-0.25, -0.2) is 9.78 Å². The van der Waals surface area contributed by atoms with E-state index in [1.54, 1.807) is 12.1 Å². The van der Waals surface area contributed by atoms with Crippen LogP contribution in [0.3, 0.4) is 0 Å². The van der Waals surface area contributed by atoms with Crippen LogP contribution < -0.4 is 15.4 Å². The highest BCUT2D eigenvalue weighted by atomic mass is 16.7.